The molecule has 2 unspecified atom stereocenters. The first-order valence-corrected chi connectivity index (χ1v) is 5.79. The fraction of sp³-hybridized carbons (Fsp3) is 1.00. The van der Waals surface area contributed by atoms with Crippen molar-refractivity contribution in [2.75, 3.05) is 0 Å². The number of nitrogens with one attached hydrogen (secondary N) is 1. The monoisotopic (exact) mass is 204 g/mol. The van der Waals surface area contributed by atoms with E-state index >= 15 is 0 Å². The predicted molar refractivity (Wildman–Crippen MR) is 60.6 cm³/mol. The minimum absolute atomic E-state index is 0.00517. The average Bonchev–Trinajstić information content (AvgIpc) is 2.02. The summed E-state index contributed by atoms with van der Waals surface area (Å²) in [4.78, 5) is 0. The van der Waals surface area contributed by atoms with Gasteiger partial charge in [-0.25, -0.2) is 0 Å². The molecule has 80 valence electrons. The second-order valence-corrected chi connectivity index (χ2v) is 4.64. The SMILES string of the molecule is CCC(CC(C)(C)O[SiH3])NC(C)N. The van der Waals surface area contributed by atoms with Crippen LogP contribution in [0.5, 0.6) is 0 Å². The van der Waals surface area contributed by atoms with E-state index in [1.807, 2.05) is 6.92 Å². The average molecular weight is 204 g/mol. The van der Waals surface area contributed by atoms with Gasteiger partial charge in [-0.05, 0) is 33.6 Å². The summed E-state index contributed by atoms with van der Waals surface area (Å²) in [6.45, 7) is 8.40. The molecule has 0 rings (SSSR count). The fourth-order valence-electron chi connectivity index (χ4n) is 1.37. The summed E-state index contributed by atoms with van der Waals surface area (Å²) in [5.41, 5.74) is 5.68. The van der Waals surface area contributed by atoms with Gasteiger partial charge in [-0.2, -0.15) is 0 Å². The molecular formula is C9H24N2OSi. The number of rotatable bonds is 6. The molecule has 0 saturated carbocycles. The summed E-state index contributed by atoms with van der Waals surface area (Å²) in [5, 5.41) is 3.33. The lowest BCUT2D eigenvalue weighted by Crippen LogP contribution is -2.45. The fourth-order valence-corrected chi connectivity index (χ4v) is 1.54. The topological polar surface area (TPSA) is 47.3 Å². The van der Waals surface area contributed by atoms with E-state index in [9.17, 15) is 0 Å². The van der Waals surface area contributed by atoms with Gasteiger partial charge in [-0.1, -0.05) is 6.92 Å². The van der Waals surface area contributed by atoms with E-state index in [4.69, 9.17) is 10.2 Å². The molecule has 3 N–H and O–H groups in total. The van der Waals surface area contributed by atoms with E-state index in [0.29, 0.717) is 6.04 Å². The van der Waals surface area contributed by atoms with E-state index in [-0.39, 0.29) is 11.8 Å². The van der Waals surface area contributed by atoms with Gasteiger partial charge in [0.05, 0.1) is 11.8 Å². The van der Waals surface area contributed by atoms with Gasteiger partial charge in [0.25, 0.3) is 0 Å². The van der Waals surface area contributed by atoms with Crippen molar-refractivity contribution in [2.45, 2.75) is 58.3 Å². The zero-order valence-electron chi connectivity index (χ0n) is 9.55. The molecule has 3 nitrogen and oxygen atoms in total. The molecule has 0 fully saturated rings. The van der Waals surface area contributed by atoms with Crippen molar-refractivity contribution in [3.05, 3.63) is 0 Å². The highest BCUT2D eigenvalue weighted by Crippen LogP contribution is 2.16. The molecule has 0 amide bonds. The molecule has 13 heavy (non-hydrogen) atoms. The molecule has 0 aliphatic heterocycles. The lowest BCUT2D eigenvalue weighted by molar-refractivity contribution is 0.0957. The van der Waals surface area contributed by atoms with Crippen molar-refractivity contribution >= 4 is 10.5 Å². The van der Waals surface area contributed by atoms with Crippen LogP contribution in [-0.2, 0) is 4.43 Å². The lowest BCUT2D eigenvalue weighted by atomic mass is 9.97. The Morgan fingerprint density at radius 1 is 1.54 bits per heavy atom. The number of hydrogen-bond donors (Lipinski definition) is 2. The van der Waals surface area contributed by atoms with E-state index < -0.39 is 0 Å². The highest BCUT2D eigenvalue weighted by Gasteiger charge is 2.21. The van der Waals surface area contributed by atoms with Crippen LogP contribution < -0.4 is 11.1 Å². The quantitative estimate of drug-likeness (QED) is 0.477. The van der Waals surface area contributed by atoms with Gasteiger partial charge in [0, 0.05) is 6.04 Å². The van der Waals surface area contributed by atoms with E-state index in [1.54, 1.807) is 0 Å². The highest BCUT2D eigenvalue weighted by molar-refractivity contribution is 5.98. The van der Waals surface area contributed by atoms with Crippen molar-refractivity contribution in [3.8, 4) is 0 Å². The molecule has 0 aromatic carbocycles. The van der Waals surface area contributed by atoms with Gasteiger partial charge in [0.15, 0.2) is 0 Å². The molecule has 0 aromatic heterocycles. The molecule has 0 saturated heterocycles. The van der Waals surface area contributed by atoms with Crippen LogP contribution in [0.3, 0.4) is 0 Å². The lowest BCUT2D eigenvalue weighted by Gasteiger charge is -2.30. The first kappa shape index (κ1) is 13.1. The maximum absolute atomic E-state index is 5.69. The van der Waals surface area contributed by atoms with Gasteiger partial charge < -0.3 is 10.2 Å². The molecule has 0 aliphatic carbocycles. The minimum atomic E-state index is -0.00517. The molecule has 0 radical (unpaired) electrons. The van der Waals surface area contributed by atoms with Crippen LogP contribution in [0.25, 0.3) is 0 Å². The zero-order valence-corrected chi connectivity index (χ0v) is 11.6. The molecule has 0 spiro atoms. The summed E-state index contributed by atoms with van der Waals surface area (Å²) in [6, 6.07) is 0.462. The van der Waals surface area contributed by atoms with Gasteiger partial charge in [-0.15, -0.1) is 0 Å². The zero-order chi connectivity index (χ0) is 10.5. The first-order chi connectivity index (χ1) is 5.91. The van der Waals surface area contributed by atoms with Crippen LogP contribution in [0, 0.1) is 0 Å². The van der Waals surface area contributed by atoms with Crippen molar-refractivity contribution in [2.24, 2.45) is 5.73 Å². The molecule has 0 aromatic rings. The van der Waals surface area contributed by atoms with Crippen LogP contribution >= 0.6 is 0 Å². The number of nitrogens with two attached hydrogens (primary N) is 1. The first-order valence-electron chi connectivity index (χ1n) is 4.98. The van der Waals surface area contributed by atoms with Crippen LogP contribution in [0.2, 0.25) is 0 Å². The van der Waals surface area contributed by atoms with Crippen molar-refractivity contribution in [1.29, 1.82) is 0 Å². The molecular weight excluding hydrogens is 180 g/mol. The Hall–Kier alpha value is 0.0969. The minimum Gasteiger partial charge on any atom is -0.423 e. The van der Waals surface area contributed by atoms with Gasteiger partial charge >= 0.3 is 0 Å². The summed E-state index contributed by atoms with van der Waals surface area (Å²) < 4.78 is 5.51. The third kappa shape index (κ3) is 6.21. The Labute approximate surface area is 85.0 Å². The number of hydrogen-bond acceptors (Lipinski definition) is 3. The van der Waals surface area contributed by atoms with E-state index in [0.717, 1.165) is 23.3 Å². The Kier molecular flexibility index (Phi) is 5.79. The largest absolute Gasteiger partial charge is 0.423 e. The molecule has 2 atom stereocenters. The van der Waals surface area contributed by atoms with Crippen LogP contribution in [-0.4, -0.2) is 28.3 Å². The van der Waals surface area contributed by atoms with Gasteiger partial charge in [0.1, 0.15) is 10.5 Å². The van der Waals surface area contributed by atoms with Crippen molar-refractivity contribution < 1.29 is 4.43 Å². The summed E-state index contributed by atoms with van der Waals surface area (Å²) >= 11 is 0. The predicted octanol–water partition coefficient (Wildman–Crippen LogP) is 0.125. The summed E-state index contributed by atoms with van der Waals surface area (Å²) in [7, 11) is 0.795. The molecule has 4 heteroatoms. The smallest absolute Gasteiger partial charge is 0.146 e. The normalized spacial score (nSPS) is 17.3. The summed E-state index contributed by atoms with van der Waals surface area (Å²) in [6.07, 6.45) is 2.18. The third-order valence-electron chi connectivity index (χ3n) is 2.28. The molecule has 0 bridgehead atoms. The van der Waals surface area contributed by atoms with Crippen LogP contribution in [0.1, 0.15) is 40.5 Å². The van der Waals surface area contributed by atoms with Gasteiger partial charge in [0.2, 0.25) is 0 Å². The Morgan fingerprint density at radius 3 is 2.38 bits per heavy atom. The van der Waals surface area contributed by atoms with Gasteiger partial charge in [-0.3, -0.25) is 5.32 Å². The van der Waals surface area contributed by atoms with Crippen molar-refractivity contribution in [1.82, 2.24) is 5.32 Å². The molecule has 0 aliphatic rings. The second-order valence-electron chi connectivity index (χ2n) is 4.23. The highest BCUT2D eigenvalue weighted by atomic mass is 28.2. The Balaban J connectivity index is 3.97. The van der Waals surface area contributed by atoms with Crippen molar-refractivity contribution in [3.63, 3.8) is 0 Å². The maximum atomic E-state index is 5.69. The Morgan fingerprint density at radius 2 is 2.08 bits per heavy atom. The summed E-state index contributed by atoms with van der Waals surface area (Å²) in [5.74, 6) is 0. The van der Waals surface area contributed by atoms with Crippen LogP contribution in [0.15, 0.2) is 0 Å². The van der Waals surface area contributed by atoms with Crippen LogP contribution in [0.4, 0.5) is 0 Å². The third-order valence-corrected chi connectivity index (χ3v) is 3.39. The molecule has 0 heterocycles. The second kappa shape index (κ2) is 5.75. The Bertz CT molecular complexity index is 140. The van der Waals surface area contributed by atoms with E-state index in [1.165, 1.54) is 0 Å². The standard InChI is InChI=1S/C9H24N2OSi/c1-5-8(11-7(2)10)6-9(3,4)12-13/h7-8,11H,5-6,10H2,1-4,13H3. The maximum Gasteiger partial charge on any atom is 0.146 e. The van der Waals surface area contributed by atoms with E-state index in [2.05, 4.69) is 26.1 Å².